The fourth-order valence-corrected chi connectivity index (χ4v) is 4.09. The Kier molecular flexibility index (Phi) is 4.52. The maximum Gasteiger partial charge on any atom is 0.249 e. The number of amides is 1. The first kappa shape index (κ1) is 17.3. The van der Waals surface area contributed by atoms with Crippen molar-refractivity contribution in [2.24, 2.45) is 10.9 Å². The lowest BCUT2D eigenvalue weighted by Gasteiger charge is -2.34. The van der Waals surface area contributed by atoms with Gasteiger partial charge in [-0.25, -0.2) is 15.0 Å². The summed E-state index contributed by atoms with van der Waals surface area (Å²) in [5.41, 5.74) is 2.08. The highest BCUT2D eigenvalue weighted by atomic mass is 16.7. The monoisotopic (exact) mass is 377 g/mol. The molecule has 1 amide bonds. The minimum Gasteiger partial charge on any atom is -0.356 e. The van der Waals surface area contributed by atoms with Crippen LogP contribution < -0.4 is 4.90 Å². The maximum absolute atomic E-state index is 13.1. The molecule has 5 rings (SSSR count). The molecule has 0 bridgehead atoms. The molecule has 0 N–H and O–H groups in total. The van der Waals surface area contributed by atoms with Crippen LogP contribution in [0.3, 0.4) is 0 Å². The number of hydroxylamine groups is 2. The third-order valence-corrected chi connectivity index (χ3v) is 5.75. The molecule has 0 spiro atoms. The Morgan fingerprint density at radius 1 is 1.07 bits per heavy atom. The van der Waals surface area contributed by atoms with Crippen molar-refractivity contribution < 1.29 is 9.63 Å². The molecule has 2 saturated heterocycles. The molecule has 28 heavy (non-hydrogen) atoms. The predicted octanol–water partition coefficient (Wildman–Crippen LogP) is 2.72. The van der Waals surface area contributed by atoms with Gasteiger partial charge in [0.1, 0.15) is 18.2 Å². The van der Waals surface area contributed by atoms with E-state index in [0.29, 0.717) is 6.61 Å². The minimum absolute atomic E-state index is 0.00589. The van der Waals surface area contributed by atoms with Gasteiger partial charge in [0.25, 0.3) is 0 Å². The topological polar surface area (TPSA) is 70.9 Å². The van der Waals surface area contributed by atoms with Crippen LogP contribution in [0.1, 0.15) is 42.6 Å². The van der Waals surface area contributed by atoms with E-state index in [4.69, 9.17) is 4.84 Å². The van der Waals surface area contributed by atoms with Crippen LogP contribution in [0, 0.1) is 5.92 Å². The number of benzene rings is 1. The summed E-state index contributed by atoms with van der Waals surface area (Å²) in [5.74, 6) is 1.03. The van der Waals surface area contributed by atoms with E-state index in [-0.39, 0.29) is 23.9 Å². The summed E-state index contributed by atoms with van der Waals surface area (Å²) in [7, 11) is 0. The SMILES string of the molecule is O=C(C1CCN(c2cc(C3C=N3)ncn2)CC1)N1OCC[C@H]1c1ccccc1. The average molecular weight is 377 g/mol. The van der Waals surface area contributed by atoms with Crippen LogP contribution in [-0.4, -0.2) is 46.8 Å². The van der Waals surface area contributed by atoms with Crippen molar-refractivity contribution in [3.63, 3.8) is 0 Å². The molecular formula is C21H23N5O2. The molecule has 1 aromatic heterocycles. The van der Waals surface area contributed by atoms with Crippen LogP contribution in [-0.2, 0) is 9.63 Å². The zero-order valence-corrected chi connectivity index (χ0v) is 15.6. The summed E-state index contributed by atoms with van der Waals surface area (Å²) < 4.78 is 0. The number of anilines is 1. The number of carbonyl (C=O) groups is 1. The zero-order chi connectivity index (χ0) is 18.9. The number of piperidine rings is 1. The lowest BCUT2D eigenvalue weighted by Crippen LogP contribution is -2.42. The molecule has 7 heteroatoms. The lowest BCUT2D eigenvalue weighted by molar-refractivity contribution is -0.182. The number of aliphatic imine (C=N–C) groups is 1. The number of aromatic nitrogens is 2. The molecule has 4 heterocycles. The van der Waals surface area contributed by atoms with Gasteiger partial charge in [-0.2, -0.15) is 0 Å². The average Bonchev–Trinajstić information content (AvgIpc) is 3.50. The van der Waals surface area contributed by atoms with Gasteiger partial charge in [-0.3, -0.25) is 14.6 Å². The second kappa shape index (κ2) is 7.31. The predicted molar refractivity (Wildman–Crippen MR) is 105 cm³/mol. The fraction of sp³-hybridized carbons (Fsp3) is 0.429. The first-order valence-corrected chi connectivity index (χ1v) is 9.91. The van der Waals surface area contributed by atoms with Gasteiger partial charge in [-0.1, -0.05) is 30.3 Å². The Morgan fingerprint density at radius 2 is 1.86 bits per heavy atom. The molecule has 1 unspecified atom stereocenters. The van der Waals surface area contributed by atoms with Crippen molar-refractivity contribution in [3.05, 3.63) is 54.0 Å². The van der Waals surface area contributed by atoms with Crippen LogP contribution in [0.2, 0.25) is 0 Å². The molecule has 2 aromatic rings. The van der Waals surface area contributed by atoms with E-state index in [9.17, 15) is 4.79 Å². The van der Waals surface area contributed by atoms with Crippen molar-refractivity contribution >= 4 is 17.9 Å². The van der Waals surface area contributed by atoms with Crippen LogP contribution in [0.5, 0.6) is 0 Å². The van der Waals surface area contributed by atoms with Crippen LogP contribution in [0.25, 0.3) is 0 Å². The van der Waals surface area contributed by atoms with E-state index in [1.165, 1.54) is 0 Å². The normalized spacial score (nSPS) is 24.6. The summed E-state index contributed by atoms with van der Waals surface area (Å²) in [4.78, 5) is 34.0. The van der Waals surface area contributed by atoms with E-state index in [0.717, 1.165) is 49.4 Å². The smallest absolute Gasteiger partial charge is 0.249 e. The van der Waals surface area contributed by atoms with Gasteiger partial charge >= 0.3 is 0 Å². The van der Waals surface area contributed by atoms with Crippen molar-refractivity contribution in [1.29, 1.82) is 0 Å². The van der Waals surface area contributed by atoms with Gasteiger partial charge < -0.3 is 4.90 Å². The second-order valence-corrected chi connectivity index (χ2v) is 7.52. The second-order valence-electron chi connectivity index (χ2n) is 7.52. The van der Waals surface area contributed by atoms with Crippen molar-refractivity contribution in [2.75, 3.05) is 24.6 Å². The first-order chi connectivity index (χ1) is 13.8. The van der Waals surface area contributed by atoms with Crippen LogP contribution in [0.4, 0.5) is 5.82 Å². The Bertz CT molecular complexity index is 873. The Labute approximate surface area is 164 Å². The standard InChI is InChI=1S/C21H23N5O2/c27-21(26-19(8-11-28-26)15-4-2-1-3-5-15)16-6-9-25(10-7-16)20-12-17(18-13-22-18)23-14-24-20/h1-5,12-14,16,18-19H,6-11H2/t18?,19-/m0/s1. The molecule has 2 atom stereocenters. The highest BCUT2D eigenvalue weighted by Gasteiger charge is 2.37. The number of hydrogen-bond acceptors (Lipinski definition) is 6. The van der Waals surface area contributed by atoms with Crippen LogP contribution >= 0.6 is 0 Å². The third kappa shape index (κ3) is 3.38. The van der Waals surface area contributed by atoms with Crippen molar-refractivity contribution in [3.8, 4) is 0 Å². The molecule has 7 nitrogen and oxygen atoms in total. The highest BCUT2D eigenvalue weighted by molar-refractivity contribution is 5.80. The first-order valence-electron chi connectivity index (χ1n) is 9.91. The van der Waals surface area contributed by atoms with Gasteiger partial charge in [0, 0.05) is 37.7 Å². The molecule has 1 aromatic carbocycles. The van der Waals surface area contributed by atoms with E-state index in [1.54, 1.807) is 11.4 Å². The molecule has 0 radical (unpaired) electrons. The zero-order valence-electron chi connectivity index (χ0n) is 15.6. The molecule has 3 aliphatic rings. The number of carbonyl (C=O) groups excluding carboxylic acids is 1. The highest BCUT2D eigenvalue weighted by Crippen LogP contribution is 2.34. The van der Waals surface area contributed by atoms with Crippen molar-refractivity contribution in [1.82, 2.24) is 15.0 Å². The Morgan fingerprint density at radius 3 is 2.61 bits per heavy atom. The Balaban J connectivity index is 1.23. The largest absolute Gasteiger partial charge is 0.356 e. The summed E-state index contributed by atoms with van der Waals surface area (Å²) in [5, 5.41) is 1.63. The number of hydrogen-bond donors (Lipinski definition) is 0. The summed E-state index contributed by atoms with van der Waals surface area (Å²) in [6.07, 6.45) is 5.95. The van der Waals surface area contributed by atoms with Gasteiger partial charge in [-0.05, 0) is 18.4 Å². The molecule has 3 aliphatic heterocycles. The summed E-state index contributed by atoms with van der Waals surface area (Å²) in [6, 6.07) is 12.3. The maximum atomic E-state index is 13.1. The lowest BCUT2D eigenvalue weighted by atomic mass is 9.94. The van der Waals surface area contributed by atoms with Gasteiger partial charge in [0.15, 0.2) is 0 Å². The van der Waals surface area contributed by atoms with Gasteiger partial charge in [-0.15, -0.1) is 0 Å². The Hall–Kier alpha value is -2.80. The molecule has 0 saturated carbocycles. The third-order valence-electron chi connectivity index (χ3n) is 5.75. The van der Waals surface area contributed by atoms with Gasteiger partial charge in [0.05, 0.1) is 18.3 Å². The van der Waals surface area contributed by atoms with E-state index < -0.39 is 0 Å². The van der Waals surface area contributed by atoms with E-state index in [2.05, 4.69) is 32.0 Å². The van der Waals surface area contributed by atoms with Crippen molar-refractivity contribution in [2.45, 2.75) is 31.3 Å². The molecule has 2 fully saturated rings. The molecule has 0 aliphatic carbocycles. The summed E-state index contributed by atoms with van der Waals surface area (Å²) >= 11 is 0. The molecule has 144 valence electrons. The van der Waals surface area contributed by atoms with Gasteiger partial charge in [0.2, 0.25) is 5.91 Å². The van der Waals surface area contributed by atoms with E-state index in [1.807, 2.05) is 30.5 Å². The molecular weight excluding hydrogens is 354 g/mol. The van der Waals surface area contributed by atoms with E-state index >= 15 is 0 Å². The number of rotatable bonds is 4. The van der Waals surface area contributed by atoms with Crippen LogP contribution in [0.15, 0.2) is 47.7 Å². The summed E-state index contributed by atoms with van der Waals surface area (Å²) in [6.45, 7) is 2.21. The number of nitrogens with zero attached hydrogens (tertiary/aromatic N) is 5. The minimum atomic E-state index is -0.00589. The fourth-order valence-electron chi connectivity index (χ4n) is 4.09. The quantitative estimate of drug-likeness (QED) is 0.819.